The van der Waals surface area contributed by atoms with E-state index in [-0.39, 0.29) is 17.9 Å². The largest absolute Gasteiger partial charge is 0.377 e. The summed E-state index contributed by atoms with van der Waals surface area (Å²) in [6.45, 7) is 8.65. The Balaban J connectivity index is 1.95. The first kappa shape index (κ1) is 16.4. The highest BCUT2D eigenvalue weighted by molar-refractivity contribution is 5.78. The fraction of sp³-hybridized carbons (Fsp3) is 0.933. The van der Waals surface area contributed by atoms with Crippen LogP contribution in [0.1, 0.15) is 46.5 Å². The van der Waals surface area contributed by atoms with Crippen molar-refractivity contribution in [3.63, 3.8) is 0 Å². The van der Waals surface area contributed by atoms with E-state index in [4.69, 9.17) is 9.47 Å². The van der Waals surface area contributed by atoms with Crippen LogP contribution in [0.3, 0.4) is 0 Å². The summed E-state index contributed by atoms with van der Waals surface area (Å²) in [4.78, 5) is 11.9. The van der Waals surface area contributed by atoms with Gasteiger partial charge in [0.05, 0.1) is 25.9 Å². The molecule has 1 aliphatic carbocycles. The summed E-state index contributed by atoms with van der Waals surface area (Å²) in [5.41, 5.74) is 0. The molecule has 0 aromatic heterocycles. The van der Waals surface area contributed by atoms with Crippen LogP contribution >= 0.6 is 0 Å². The van der Waals surface area contributed by atoms with Crippen molar-refractivity contribution in [2.45, 2.75) is 52.6 Å². The molecule has 112 valence electrons. The van der Waals surface area contributed by atoms with Gasteiger partial charge in [-0.2, -0.15) is 0 Å². The summed E-state index contributed by atoms with van der Waals surface area (Å²) in [5.74, 6) is 1.21. The molecular formula is C15H29NO3. The number of hydrogen-bond acceptors (Lipinski definition) is 3. The highest BCUT2D eigenvalue weighted by atomic mass is 16.5. The average molecular weight is 271 g/mol. The van der Waals surface area contributed by atoms with Gasteiger partial charge in [0.25, 0.3) is 0 Å². The third-order valence-corrected chi connectivity index (χ3v) is 3.61. The lowest BCUT2D eigenvalue weighted by molar-refractivity contribution is -0.126. The molecule has 0 unspecified atom stereocenters. The summed E-state index contributed by atoms with van der Waals surface area (Å²) in [6.07, 6.45) is 4.69. The maximum atomic E-state index is 11.9. The zero-order valence-electron chi connectivity index (χ0n) is 12.6. The predicted octanol–water partition coefficient (Wildman–Crippen LogP) is 2.37. The molecule has 1 saturated carbocycles. The van der Waals surface area contributed by atoms with Gasteiger partial charge in [-0.15, -0.1) is 0 Å². The maximum absolute atomic E-state index is 11.9. The topological polar surface area (TPSA) is 47.6 Å². The lowest BCUT2D eigenvalue weighted by Crippen LogP contribution is -2.35. The van der Waals surface area contributed by atoms with Gasteiger partial charge in [-0.1, -0.05) is 6.92 Å². The molecule has 0 aromatic carbocycles. The minimum Gasteiger partial charge on any atom is -0.377 e. The van der Waals surface area contributed by atoms with E-state index in [1.807, 2.05) is 13.8 Å². The van der Waals surface area contributed by atoms with Crippen LogP contribution in [0, 0.1) is 11.8 Å². The van der Waals surface area contributed by atoms with E-state index >= 15 is 0 Å². The molecule has 1 amide bonds. The first-order chi connectivity index (χ1) is 9.09. The molecule has 0 aromatic rings. The SMILES string of the molecule is CC1CCC(C(=O)NCCOCCOC(C)C)CC1. The minimum absolute atomic E-state index is 0.203. The van der Waals surface area contributed by atoms with Gasteiger partial charge in [0.15, 0.2) is 0 Å². The second-order valence-electron chi connectivity index (χ2n) is 5.78. The average Bonchev–Trinajstić information content (AvgIpc) is 2.38. The molecule has 1 aliphatic rings. The Hall–Kier alpha value is -0.610. The number of carbonyl (C=O) groups is 1. The molecular weight excluding hydrogens is 242 g/mol. The zero-order chi connectivity index (χ0) is 14.1. The van der Waals surface area contributed by atoms with Gasteiger partial charge < -0.3 is 14.8 Å². The van der Waals surface area contributed by atoms with Crippen LogP contribution in [-0.2, 0) is 14.3 Å². The van der Waals surface area contributed by atoms with E-state index < -0.39 is 0 Å². The van der Waals surface area contributed by atoms with Crippen LogP contribution in [0.15, 0.2) is 0 Å². The minimum atomic E-state index is 0.203. The third kappa shape index (κ3) is 7.53. The summed E-state index contributed by atoms with van der Waals surface area (Å²) < 4.78 is 10.8. The monoisotopic (exact) mass is 271 g/mol. The molecule has 1 fully saturated rings. The van der Waals surface area contributed by atoms with Gasteiger partial charge in [0.1, 0.15) is 0 Å². The predicted molar refractivity (Wildman–Crippen MR) is 76.0 cm³/mol. The van der Waals surface area contributed by atoms with Gasteiger partial charge in [0.2, 0.25) is 5.91 Å². The summed E-state index contributed by atoms with van der Waals surface area (Å²) in [5, 5.41) is 2.96. The maximum Gasteiger partial charge on any atom is 0.223 e. The highest BCUT2D eigenvalue weighted by Crippen LogP contribution is 2.28. The molecule has 0 radical (unpaired) electrons. The van der Waals surface area contributed by atoms with Crippen molar-refractivity contribution in [2.24, 2.45) is 11.8 Å². The van der Waals surface area contributed by atoms with E-state index in [1.54, 1.807) is 0 Å². The highest BCUT2D eigenvalue weighted by Gasteiger charge is 2.23. The number of ether oxygens (including phenoxy) is 2. The lowest BCUT2D eigenvalue weighted by Gasteiger charge is -2.25. The quantitative estimate of drug-likeness (QED) is 0.689. The summed E-state index contributed by atoms with van der Waals surface area (Å²) in [6, 6.07) is 0. The Kier molecular flexibility index (Phi) is 8.07. The molecule has 1 rings (SSSR count). The van der Waals surface area contributed by atoms with Crippen molar-refractivity contribution in [1.82, 2.24) is 5.32 Å². The van der Waals surface area contributed by atoms with Gasteiger partial charge in [0, 0.05) is 12.5 Å². The standard InChI is InChI=1S/C15H29NO3/c1-12(2)19-11-10-18-9-8-16-15(17)14-6-4-13(3)5-7-14/h12-14H,4-11H2,1-3H3,(H,16,17). The van der Waals surface area contributed by atoms with E-state index in [2.05, 4.69) is 12.2 Å². The first-order valence-corrected chi connectivity index (χ1v) is 7.56. The number of nitrogens with one attached hydrogen (secondary N) is 1. The number of rotatable bonds is 8. The van der Waals surface area contributed by atoms with Gasteiger partial charge >= 0.3 is 0 Å². The Labute approximate surface area is 117 Å². The smallest absolute Gasteiger partial charge is 0.223 e. The fourth-order valence-electron chi connectivity index (χ4n) is 2.36. The van der Waals surface area contributed by atoms with E-state index in [0.29, 0.717) is 26.4 Å². The number of carbonyl (C=O) groups excluding carboxylic acids is 1. The molecule has 0 spiro atoms. The molecule has 0 heterocycles. The summed E-state index contributed by atoms with van der Waals surface area (Å²) >= 11 is 0. The van der Waals surface area contributed by atoms with E-state index in [0.717, 1.165) is 18.8 Å². The van der Waals surface area contributed by atoms with Crippen LogP contribution in [-0.4, -0.2) is 38.4 Å². The molecule has 0 bridgehead atoms. The van der Waals surface area contributed by atoms with Crippen molar-refractivity contribution < 1.29 is 14.3 Å². The number of amides is 1. The van der Waals surface area contributed by atoms with E-state index in [1.165, 1.54) is 12.8 Å². The van der Waals surface area contributed by atoms with Crippen LogP contribution in [0.5, 0.6) is 0 Å². The van der Waals surface area contributed by atoms with E-state index in [9.17, 15) is 4.79 Å². The van der Waals surface area contributed by atoms with Crippen LogP contribution in [0.25, 0.3) is 0 Å². The van der Waals surface area contributed by atoms with Crippen molar-refractivity contribution in [1.29, 1.82) is 0 Å². The van der Waals surface area contributed by atoms with Crippen LogP contribution in [0.2, 0.25) is 0 Å². The third-order valence-electron chi connectivity index (χ3n) is 3.61. The van der Waals surface area contributed by atoms with Crippen molar-refractivity contribution in [2.75, 3.05) is 26.4 Å². The fourth-order valence-corrected chi connectivity index (χ4v) is 2.36. The lowest BCUT2D eigenvalue weighted by atomic mass is 9.82. The Morgan fingerprint density at radius 2 is 1.84 bits per heavy atom. The molecule has 0 aliphatic heterocycles. The first-order valence-electron chi connectivity index (χ1n) is 7.56. The van der Waals surface area contributed by atoms with Gasteiger partial charge in [-0.3, -0.25) is 4.79 Å². The van der Waals surface area contributed by atoms with Crippen LogP contribution in [0.4, 0.5) is 0 Å². The Morgan fingerprint density at radius 1 is 1.16 bits per heavy atom. The second-order valence-corrected chi connectivity index (χ2v) is 5.78. The molecule has 19 heavy (non-hydrogen) atoms. The molecule has 1 N–H and O–H groups in total. The zero-order valence-corrected chi connectivity index (χ0v) is 12.6. The van der Waals surface area contributed by atoms with Crippen molar-refractivity contribution >= 4 is 5.91 Å². The molecule has 4 nitrogen and oxygen atoms in total. The normalized spacial score (nSPS) is 23.6. The Morgan fingerprint density at radius 3 is 2.47 bits per heavy atom. The Bertz CT molecular complexity index is 248. The van der Waals surface area contributed by atoms with Crippen molar-refractivity contribution in [3.05, 3.63) is 0 Å². The van der Waals surface area contributed by atoms with Gasteiger partial charge in [-0.25, -0.2) is 0 Å². The summed E-state index contributed by atoms with van der Waals surface area (Å²) in [7, 11) is 0. The number of hydrogen-bond donors (Lipinski definition) is 1. The molecule has 0 atom stereocenters. The second kappa shape index (κ2) is 9.32. The van der Waals surface area contributed by atoms with Gasteiger partial charge in [-0.05, 0) is 45.4 Å². The molecule has 0 saturated heterocycles. The van der Waals surface area contributed by atoms with Crippen molar-refractivity contribution in [3.8, 4) is 0 Å². The molecule has 4 heteroatoms. The van der Waals surface area contributed by atoms with Crippen LogP contribution < -0.4 is 5.32 Å².